The lowest BCUT2D eigenvalue weighted by Gasteiger charge is -2.34. The second-order valence-corrected chi connectivity index (χ2v) is 6.29. The Morgan fingerprint density at radius 1 is 1.21 bits per heavy atom. The molecule has 1 amide bonds. The van der Waals surface area contributed by atoms with Gasteiger partial charge in [0.25, 0.3) is 5.91 Å². The zero-order valence-corrected chi connectivity index (χ0v) is 12.8. The molecule has 1 aliphatic rings. The van der Waals surface area contributed by atoms with E-state index in [1.54, 1.807) is 18.2 Å². The minimum Gasteiger partial charge on any atom is -0.349 e. The highest BCUT2D eigenvalue weighted by molar-refractivity contribution is 6.42. The summed E-state index contributed by atoms with van der Waals surface area (Å²) in [4.78, 5) is 12.2. The van der Waals surface area contributed by atoms with Crippen molar-refractivity contribution in [2.24, 2.45) is 11.8 Å². The molecule has 1 aromatic rings. The summed E-state index contributed by atoms with van der Waals surface area (Å²) >= 11 is 11.8. The standard InChI is InChI=1S/C15H19Cl2NO/c1-9-4-3-5-14(10(9)2)18-15(19)11-6-7-12(16)13(17)8-11/h6-10,14H,3-5H2,1-2H3,(H,18,19)/t9-,10+,14-/m1/s1. The monoisotopic (exact) mass is 299 g/mol. The molecule has 0 aliphatic heterocycles. The number of benzene rings is 1. The summed E-state index contributed by atoms with van der Waals surface area (Å²) in [5, 5.41) is 4.01. The molecule has 0 saturated heterocycles. The second kappa shape index (κ2) is 6.15. The maximum absolute atomic E-state index is 12.2. The van der Waals surface area contributed by atoms with Gasteiger partial charge in [-0.25, -0.2) is 0 Å². The number of amides is 1. The summed E-state index contributed by atoms with van der Waals surface area (Å²) in [6.45, 7) is 4.46. The SMILES string of the molecule is C[C@H]1[C@H](C)CCC[C@H]1NC(=O)c1ccc(Cl)c(Cl)c1. The van der Waals surface area contributed by atoms with Crippen LogP contribution in [0.25, 0.3) is 0 Å². The summed E-state index contributed by atoms with van der Waals surface area (Å²) in [6.07, 6.45) is 3.48. The fourth-order valence-electron chi connectivity index (χ4n) is 2.67. The Kier molecular flexibility index (Phi) is 4.75. The smallest absolute Gasteiger partial charge is 0.251 e. The number of hydrogen-bond acceptors (Lipinski definition) is 1. The first kappa shape index (κ1) is 14.7. The highest BCUT2D eigenvalue weighted by Gasteiger charge is 2.28. The van der Waals surface area contributed by atoms with Crippen molar-refractivity contribution in [3.8, 4) is 0 Å². The van der Waals surface area contributed by atoms with Crippen molar-refractivity contribution in [3.05, 3.63) is 33.8 Å². The van der Waals surface area contributed by atoms with Crippen molar-refractivity contribution in [2.45, 2.75) is 39.2 Å². The van der Waals surface area contributed by atoms with Crippen LogP contribution in [0.4, 0.5) is 0 Å². The van der Waals surface area contributed by atoms with Crippen LogP contribution in [0, 0.1) is 11.8 Å². The van der Waals surface area contributed by atoms with Crippen LogP contribution in [0.1, 0.15) is 43.5 Å². The summed E-state index contributed by atoms with van der Waals surface area (Å²) < 4.78 is 0. The van der Waals surface area contributed by atoms with E-state index in [1.807, 2.05) is 0 Å². The van der Waals surface area contributed by atoms with E-state index in [1.165, 1.54) is 12.8 Å². The molecule has 104 valence electrons. The van der Waals surface area contributed by atoms with Gasteiger partial charge in [-0.05, 0) is 36.5 Å². The zero-order chi connectivity index (χ0) is 14.0. The van der Waals surface area contributed by atoms with Gasteiger partial charge in [0.2, 0.25) is 0 Å². The van der Waals surface area contributed by atoms with E-state index < -0.39 is 0 Å². The Morgan fingerprint density at radius 2 is 1.95 bits per heavy atom. The molecule has 1 saturated carbocycles. The van der Waals surface area contributed by atoms with Crippen molar-refractivity contribution in [3.63, 3.8) is 0 Å². The predicted molar refractivity (Wildman–Crippen MR) is 79.9 cm³/mol. The van der Waals surface area contributed by atoms with Crippen molar-refractivity contribution in [2.75, 3.05) is 0 Å². The first-order chi connectivity index (χ1) is 8.99. The quantitative estimate of drug-likeness (QED) is 0.853. The lowest BCUT2D eigenvalue weighted by molar-refractivity contribution is 0.0891. The first-order valence-corrected chi connectivity index (χ1v) is 7.50. The maximum atomic E-state index is 12.2. The van der Waals surface area contributed by atoms with Gasteiger partial charge in [-0.2, -0.15) is 0 Å². The maximum Gasteiger partial charge on any atom is 0.251 e. The summed E-state index contributed by atoms with van der Waals surface area (Å²) in [6, 6.07) is 5.24. The van der Waals surface area contributed by atoms with Crippen LogP contribution in [-0.4, -0.2) is 11.9 Å². The molecule has 1 N–H and O–H groups in total. The Morgan fingerprint density at radius 3 is 2.63 bits per heavy atom. The molecule has 0 heterocycles. The van der Waals surface area contributed by atoms with E-state index in [2.05, 4.69) is 19.2 Å². The molecule has 2 rings (SSSR count). The topological polar surface area (TPSA) is 29.1 Å². The van der Waals surface area contributed by atoms with E-state index in [0.29, 0.717) is 27.4 Å². The number of hydrogen-bond donors (Lipinski definition) is 1. The fourth-order valence-corrected chi connectivity index (χ4v) is 2.97. The number of carbonyl (C=O) groups is 1. The molecule has 2 nitrogen and oxygen atoms in total. The van der Waals surface area contributed by atoms with Gasteiger partial charge in [0, 0.05) is 11.6 Å². The lowest BCUT2D eigenvalue weighted by atomic mass is 9.78. The molecule has 0 radical (unpaired) electrons. The van der Waals surface area contributed by atoms with Crippen LogP contribution in [0.5, 0.6) is 0 Å². The molecule has 1 fully saturated rings. The van der Waals surface area contributed by atoms with Gasteiger partial charge in [-0.1, -0.05) is 49.9 Å². The second-order valence-electron chi connectivity index (χ2n) is 5.48. The number of rotatable bonds is 2. The van der Waals surface area contributed by atoms with Gasteiger partial charge in [0.05, 0.1) is 10.0 Å². The number of halogens is 2. The van der Waals surface area contributed by atoms with Gasteiger partial charge >= 0.3 is 0 Å². The Bertz CT molecular complexity index is 475. The summed E-state index contributed by atoms with van der Waals surface area (Å²) in [7, 11) is 0. The van der Waals surface area contributed by atoms with Crippen molar-refractivity contribution in [1.29, 1.82) is 0 Å². The van der Waals surface area contributed by atoms with Crippen molar-refractivity contribution in [1.82, 2.24) is 5.32 Å². The number of carbonyl (C=O) groups excluding carboxylic acids is 1. The minimum atomic E-state index is -0.0653. The molecular weight excluding hydrogens is 281 g/mol. The average Bonchev–Trinajstić information content (AvgIpc) is 2.38. The van der Waals surface area contributed by atoms with Gasteiger partial charge in [-0.15, -0.1) is 0 Å². The van der Waals surface area contributed by atoms with Crippen LogP contribution in [-0.2, 0) is 0 Å². The largest absolute Gasteiger partial charge is 0.349 e. The van der Waals surface area contributed by atoms with Crippen LogP contribution >= 0.6 is 23.2 Å². The normalized spacial score (nSPS) is 27.1. The highest BCUT2D eigenvalue weighted by atomic mass is 35.5. The van der Waals surface area contributed by atoms with Gasteiger partial charge in [0.15, 0.2) is 0 Å². The van der Waals surface area contributed by atoms with Crippen molar-refractivity contribution < 1.29 is 4.79 Å². The summed E-state index contributed by atoms with van der Waals surface area (Å²) in [5.74, 6) is 1.11. The summed E-state index contributed by atoms with van der Waals surface area (Å²) in [5.41, 5.74) is 0.569. The molecule has 0 aromatic heterocycles. The Labute approximate surface area is 124 Å². The Balaban J connectivity index is 2.06. The minimum absolute atomic E-state index is 0.0653. The lowest BCUT2D eigenvalue weighted by Crippen LogP contribution is -2.43. The average molecular weight is 300 g/mol. The van der Waals surface area contributed by atoms with Crippen LogP contribution in [0.3, 0.4) is 0 Å². The third-order valence-corrected chi connectivity index (χ3v) is 4.94. The molecule has 0 unspecified atom stereocenters. The van der Waals surface area contributed by atoms with E-state index in [4.69, 9.17) is 23.2 Å². The third-order valence-electron chi connectivity index (χ3n) is 4.21. The van der Waals surface area contributed by atoms with Crippen molar-refractivity contribution >= 4 is 29.1 Å². The van der Waals surface area contributed by atoms with E-state index in [-0.39, 0.29) is 11.9 Å². The molecule has 3 atom stereocenters. The zero-order valence-electron chi connectivity index (χ0n) is 11.2. The molecule has 4 heteroatoms. The molecule has 1 aromatic carbocycles. The molecule has 1 aliphatic carbocycles. The highest BCUT2D eigenvalue weighted by Crippen LogP contribution is 2.30. The third kappa shape index (κ3) is 3.43. The molecule has 0 spiro atoms. The van der Waals surface area contributed by atoms with Gasteiger partial charge < -0.3 is 5.32 Å². The molecule has 19 heavy (non-hydrogen) atoms. The van der Waals surface area contributed by atoms with Crippen LogP contribution in [0.15, 0.2) is 18.2 Å². The molecule has 0 bridgehead atoms. The fraction of sp³-hybridized carbons (Fsp3) is 0.533. The van der Waals surface area contributed by atoms with E-state index in [0.717, 1.165) is 6.42 Å². The van der Waals surface area contributed by atoms with Gasteiger partial charge in [0.1, 0.15) is 0 Å². The molecular formula is C15H19Cl2NO. The van der Waals surface area contributed by atoms with Gasteiger partial charge in [-0.3, -0.25) is 4.79 Å². The van der Waals surface area contributed by atoms with E-state index >= 15 is 0 Å². The Hall–Kier alpha value is -0.730. The predicted octanol–water partition coefficient (Wildman–Crippen LogP) is 4.55. The van der Waals surface area contributed by atoms with Crippen LogP contribution < -0.4 is 5.32 Å². The first-order valence-electron chi connectivity index (χ1n) is 6.75. The van der Waals surface area contributed by atoms with Crippen LogP contribution in [0.2, 0.25) is 10.0 Å². The van der Waals surface area contributed by atoms with E-state index in [9.17, 15) is 4.79 Å². The number of nitrogens with one attached hydrogen (secondary N) is 1.